The zero-order valence-corrected chi connectivity index (χ0v) is 8.03. The van der Waals surface area contributed by atoms with Crippen LogP contribution < -0.4 is 9.47 Å². The molecule has 0 spiro atoms. The van der Waals surface area contributed by atoms with Crippen molar-refractivity contribution in [3.05, 3.63) is 24.3 Å². The van der Waals surface area contributed by atoms with E-state index in [1.165, 1.54) is 0 Å². The molecule has 3 heteroatoms. The van der Waals surface area contributed by atoms with E-state index in [9.17, 15) is 4.79 Å². The molecule has 1 aliphatic heterocycles. The highest BCUT2D eigenvalue weighted by Crippen LogP contribution is 2.31. The number of Topliss-reactive ketones (excluding diaryl/α,β-unsaturated/α-hetero) is 1. The van der Waals surface area contributed by atoms with E-state index < -0.39 is 6.10 Å². The van der Waals surface area contributed by atoms with E-state index in [0.29, 0.717) is 24.5 Å². The first-order valence-electron chi connectivity index (χ1n) is 4.72. The molecule has 0 aliphatic carbocycles. The second-order valence-electron chi connectivity index (χ2n) is 3.18. The molecule has 14 heavy (non-hydrogen) atoms. The first-order valence-corrected chi connectivity index (χ1v) is 4.72. The molecule has 0 saturated carbocycles. The van der Waals surface area contributed by atoms with E-state index in [1.807, 2.05) is 31.2 Å². The van der Waals surface area contributed by atoms with Gasteiger partial charge in [-0.3, -0.25) is 4.79 Å². The summed E-state index contributed by atoms with van der Waals surface area (Å²) in [5, 5.41) is 0. The number of hydrogen-bond acceptors (Lipinski definition) is 3. The van der Waals surface area contributed by atoms with Crippen LogP contribution in [0.1, 0.15) is 13.3 Å². The van der Waals surface area contributed by atoms with Crippen LogP contribution in [0, 0.1) is 0 Å². The maximum Gasteiger partial charge on any atom is 0.190 e. The van der Waals surface area contributed by atoms with E-state index in [4.69, 9.17) is 9.47 Å². The third-order valence-corrected chi connectivity index (χ3v) is 2.22. The second kappa shape index (κ2) is 3.70. The van der Waals surface area contributed by atoms with Crippen LogP contribution in [0.5, 0.6) is 11.5 Å². The second-order valence-corrected chi connectivity index (χ2v) is 3.18. The standard InChI is InChI=1S/C11H12O3/c1-2-8(12)11-7-13-9-5-3-4-6-10(9)14-11/h3-6,11H,2,7H2,1H3. The van der Waals surface area contributed by atoms with Crippen molar-refractivity contribution in [3.8, 4) is 11.5 Å². The number of ketones is 1. The van der Waals surface area contributed by atoms with Gasteiger partial charge in [0.05, 0.1) is 0 Å². The molecule has 1 unspecified atom stereocenters. The fourth-order valence-electron chi connectivity index (χ4n) is 1.41. The maximum absolute atomic E-state index is 11.4. The maximum atomic E-state index is 11.4. The van der Waals surface area contributed by atoms with E-state index in [-0.39, 0.29) is 5.78 Å². The van der Waals surface area contributed by atoms with Crippen LogP contribution in [0.15, 0.2) is 24.3 Å². The smallest absolute Gasteiger partial charge is 0.190 e. The van der Waals surface area contributed by atoms with Crippen molar-refractivity contribution < 1.29 is 14.3 Å². The number of benzene rings is 1. The summed E-state index contributed by atoms with van der Waals surface area (Å²) in [6.45, 7) is 2.15. The van der Waals surface area contributed by atoms with Gasteiger partial charge in [-0.1, -0.05) is 19.1 Å². The number of rotatable bonds is 2. The minimum atomic E-state index is -0.435. The van der Waals surface area contributed by atoms with Gasteiger partial charge in [0.2, 0.25) is 0 Å². The molecule has 0 fully saturated rings. The number of carbonyl (C=O) groups excluding carboxylic acids is 1. The molecule has 0 saturated heterocycles. The Kier molecular flexibility index (Phi) is 2.39. The SMILES string of the molecule is CCC(=O)C1COc2ccccc2O1. The highest BCUT2D eigenvalue weighted by atomic mass is 16.6. The summed E-state index contributed by atoms with van der Waals surface area (Å²) in [6.07, 6.45) is 0.0471. The Balaban J connectivity index is 2.17. The molecule has 0 aromatic heterocycles. The monoisotopic (exact) mass is 192 g/mol. The van der Waals surface area contributed by atoms with E-state index >= 15 is 0 Å². The van der Waals surface area contributed by atoms with Gasteiger partial charge in [0.15, 0.2) is 23.4 Å². The van der Waals surface area contributed by atoms with Crippen LogP contribution in [0.2, 0.25) is 0 Å². The Morgan fingerprint density at radius 1 is 1.43 bits per heavy atom. The molecule has 1 heterocycles. The molecule has 1 aromatic carbocycles. The van der Waals surface area contributed by atoms with Crippen molar-refractivity contribution in [2.75, 3.05) is 6.61 Å². The summed E-state index contributed by atoms with van der Waals surface area (Å²) < 4.78 is 10.9. The van der Waals surface area contributed by atoms with Gasteiger partial charge in [-0.05, 0) is 12.1 Å². The lowest BCUT2D eigenvalue weighted by Crippen LogP contribution is -2.36. The molecule has 1 aliphatic rings. The summed E-state index contributed by atoms with van der Waals surface area (Å²) in [5.74, 6) is 1.46. The van der Waals surface area contributed by atoms with Crippen molar-refractivity contribution in [2.24, 2.45) is 0 Å². The lowest BCUT2D eigenvalue weighted by atomic mass is 10.2. The van der Waals surface area contributed by atoms with Crippen LogP contribution in [-0.2, 0) is 4.79 Å². The van der Waals surface area contributed by atoms with Crippen molar-refractivity contribution in [1.82, 2.24) is 0 Å². The van der Waals surface area contributed by atoms with Crippen LogP contribution in [0.3, 0.4) is 0 Å². The molecule has 3 nitrogen and oxygen atoms in total. The zero-order valence-electron chi connectivity index (χ0n) is 8.03. The molecule has 0 radical (unpaired) electrons. The summed E-state index contributed by atoms with van der Waals surface area (Å²) in [4.78, 5) is 11.4. The van der Waals surface area contributed by atoms with Gasteiger partial charge in [0.25, 0.3) is 0 Å². The zero-order chi connectivity index (χ0) is 9.97. The molecular weight excluding hydrogens is 180 g/mol. The molecule has 1 atom stereocenters. The first kappa shape index (κ1) is 9.06. The van der Waals surface area contributed by atoms with Gasteiger partial charge in [-0.2, -0.15) is 0 Å². The Morgan fingerprint density at radius 2 is 2.14 bits per heavy atom. The van der Waals surface area contributed by atoms with Gasteiger partial charge in [-0.25, -0.2) is 0 Å². The fourth-order valence-corrected chi connectivity index (χ4v) is 1.41. The molecule has 2 rings (SSSR count). The fraction of sp³-hybridized carbons (Fsp3) is 0.364. The largest absolute Gasteiger partial charge is 0.485 e. The average molecular weight is 192 g/mol. The molecular formula is C11H12O3. The van der Waals surface area contributed by atoms with E-state index in [0.717, 1.165) is 0 Å². The van der Waals surface area contributed by atoms with Gasteiger partial charge < -0.3 is 9.47 Å². The Bertz CT molecular complexity index is 346. The summed E-state index contributed by atoms with van der Waals surface area (Å²) in [6, 6.07) is 7.39. The normalized spacial score (nSPS) is 19.1. The minimum Gasteiger partial charge on any atom is -0.485 e. The van der Waals surface area contributed by atoms with E-state index in [2.05, 4.69) is 0 Å². The van der Waals surface area contributed by atoms with Crippen LogP contribution in [0.4, 0.5) is 0 Å². The number of fused-ring (bicyclic) bond motifs is 1. The van der Waals surface area contributed by atoms with Gasteiger partial charge in [-0.15, -0.1) is 0 Å². The van der Waals surface area contributed by atoms with Gasteiger partial charge in [0, 0.05) is 6.42 Å². The average Bonchev–Trinajstić information content (AvgIpc) is 2.27. The van der Waals surface area contributed by atoms with Crippen LogP contribution in [0.25, 0.3) is 0 Å². The van der Waals surface area contributed by atoms with Crippen molar-refractivity contribution in [1.29, 1.82) is 0 Å². The third kappa shape index (κ3) is 1.58. The lowest BCUT2D eigenvalue weighted by Gasteiger charge is -2.25. The third-order valence-electron chi connectivity index (χ3n) is 2.22. The van der Waals surface area contributed by atoms with Gasteiger partial charge >= 0.3 is 0 Å². The summed E-state index contributed by atoms with van der Waals surface area (Å²) >= 11 is 0. The highest BCUT2D eigenvalue weighted by molar-refractivity contribution is 5.83. The molecule has 0 N–H and O–H groups in total. The Labute approximate surface area is 82.6 Å². The van der Waals surface area contributed by atoms with Crippen molar-refractivity contribution in [3.63, 3.8) is 0 Å². The first-order chi connectivity index (χ1) is 6.81. The van der Waals surface area contributed by atoms with Crippen LogP contribution in [-0.4, -0.2) is 18.5 Å². The van der Waals surface area contributed by atoms with Crippen molar-refractivity contribution >= 4 is 5.78 Å². The van der Waals surface area contributed by atoms with Gasteiger partial charge in [0.1, 0.15) is 6.61 Å². The highest BCUT2D eigenvalue weighted by Gasteiger charge is 2.25. The topological polar surface area (TPSA) is 35.5 Å². The molecule has 0 amide bonds. The van der Waals surface area contributed by atoms with Crippen LogP contribution >= 0.6 is 0 Å². The predicted molar refractivity (Wildman–Crippen MR) is 51.7 cm³/mol. The number of hydrogen-bond donors (Lipinski definition) is 0. The van der Waals surface area contributed by atoms with Crippen molar-refractivity contribution in [2.45, 2.75) is 19.4 Å². The molecule has 1 aromatic rings. The number of para-hydroxylation sites is 2. The molecule has 74 valence electrons. The quantitative estimate of drug-likeness (QED) is 0.716. The predicted octanol–water partition coefficient (Wildman–Crippen LogP) is 1.81. The summed E-state index contributed by atoms with van der Waals surface area (Å²) in [7, 11) is 0. The lowest BCUT2D eigenvalue weighted by molar-refractivity contribution is -0.127. The number of ether oxygens (including phenoxy) is 2. The molecule has 0 bridgehead atoms. The van der Waals surface area contributed by atoms with E-state index in [1.54, 1.807) is 0 Å². The Hall–Kier alpha value is -1.51. The minimum absolute atomic E-state index is 0.0829. The Morgan fingerprint density at radius 3 is 2.86 bits per heavy atom. The summed E-state index contributed by atoms with van der Waals surface area (Å²) in [5.41, 5.74) is 0. The number of carbonyl (C=O) groups is 1.